The van der Waals surface area contributed by atoms with Gasteiger partial charge in [0.15, 0.2) is 0 Å². The molecule has 0 fully saturated rings. The highest BCUT2D eigenvalue weighted by molar-refractivity contribution is 5.40. The van der Waals surface area contributed by atoms with Crippen LogP contribution >= 0.6 is 0 Å². The third-order valence-electron chi connectivity index (χ3n) is 7.65. The van der Waals surface area contributed by atoms with Crippen LogP contribution < -0.4 is 9.47 Å². The van der Waals surface area contributed by atoms with Gasteiger partial charge in [-0.05, 0) is 135 Å². The van der Waals surface area contributed by atoms with Gasteiger partial charge in [-0.25, -0.2) is 0 Å². The third-order valence-corrected chi connectivity index (χ3v) is 7.65. The molecule has 2 aliphatic rings. The first kappa shape index (κ1) is 24.0. The molecule has 0 atom stereocenters. The molecule has 0 bridgehead atoms. The summed E-state index contributed by atoms with van der Waals surface area (Å²) in [6.07, 6.45) is 14.5. The Morgan fingerprint density at radius 1 is 0.514 bits per heavy atom. The van der Waals surface area contributed by atoms with E-state index in [4.69, 9.17) is 9.47 Å². The molecule has 2 aliphatic carbocycles. The number of rotatable bonds is 14. The first-order chi connectivity index (χ1) is 17.2. The number of hydrogen-bond acceptors (Lipinski definition) is 2. The summed E-state index contributed by atoms with van der Waals surface area (Å²) in [6.45, 7) is 3.66. The van der Waals surface area contributed by atoms with E-state index >= 15 is 0 Å². The normalized spacial score (nSPS) is 13.4. The largest absolute Gasteiger partial charge is 0.493 e. The van der Waals surface area contributed by atoms with Gasteiger partial charge in [-0.3, -0.25) is 0 Å². The number of ether oxygens (including phenoxy) is 2. The van der Waals surface area contributed by atoms with Crippen molar-refractivity contribution in [3.8, 4) is 11.5 Å². The first-order valence-electron chi connectivity index (χ1n) is 13.8. The maximum absolute atomic E-state index is 6.06. The van der Waals surface area contributed by atoms with E-state index in [1.807, 2.05) is 0 Å². The van der Waals surface area contributed by atoms with E-state index in [0.29, 0.717) is 0 Å². The van der Waals surface area contributed by atoms with Gasteiger partial charge in [0.05, 0.1) is 13.2 Å². The van der Waals surface area contributed by atoms with Crippen molar-refractivity contribution in [2.75, 3.05) is 13.2 Å². The molecule has 35 heavy (non-hydrogen) atoms. The molecule has 2 nitrogen and oxygen atoms in total. The van der Waals surface area contributed by atoms with Crippen LogP contribution in [-0.4, -0.2) is 13.2 Å². The SMILES string of the molecule is Cc1cc(OCCCCCc2ccc3c(c2)CC3)cc(OCCCCCc2ccc3c(c2)CC3)c1. The van der Waals surface area contributed by atoms with Gasteiger partial charge >= 0.3 is 0 Å². The lowest BCUT2D eigenvalue weighted by Crippen LogP contribution is -2.08. The van der Waals surface area contributed by atoms with Gasteiger partial charge in [0.1, 0.15) is 11.5 Å². The van der Waals surface area contributed by atoms with E-state index < -0.39 is 0 Å². The van der Waals surface area contributed by atoms with Crippen LogP contribution in [0.3, 0.4) is 0 Å². The third kappa shape index (κ3) is 6.69. The molecule has 5 rings (SSSR count). The number of hydrogen-bond donors (Lipinski definition) is 0. The molecule has 0 amide bonds. The molecule has 0 aliphatic heterocycles. The van der Waals surface area contributed by atoms with Crippen LogP contribution in [0, 0.1) is 6.92 Å². The molecule has 184 valence electrons. The fraction of sp³-hybridized carbons (Fsp3) is 0.455. The Morgan fingerprint density at radius 3 is 1.43 bits per heavy atom. The molecule has 0 saturated heterocycles. The lowest BCUT2D eigenvalue weighted by molar-refractivity contribution is 0.290. The molecule has 0 radical (unpaired) electrons. The molecule has 0 heterocycles. The minimum Gasteiger partial charge on any atom is -0.493 e. The molecule has 3 aromatic carbocycles. The lowest BCUT2D eigenvalue weighted by atomic mass is 9.86. The second-order valence-corrected chi connectivity index (χ2v) is 10.5. The summed E-state index contributed by atoms with van der Waals surface area (Å²) in [4.78, 5) is 0. The second-order valence-electron chi connectivity index (χ2n) is 10.5. The predicted octanol–water partition coefficient (Wildman–Crippen LogP) is 7.78. The van der Waals surface area contributed by atoms with Gasteiger partial charge in [0, 0.05) is 6.07 Å². The van der Waals surface area contributed by atoms with Crippen LogP contribution in [0.2, 0.25) is 0 Å². The fourth-order valence-corrected chi connectivity index (χ4v) is 5.28. The summed E-state index contributed by atoms with van der Waals surface area (Å²) in [6, 6.07) is 20.4. The highest BCUT2D eigenvalue weighted by Crippen LogP contribution is 2.26. The van der Waals surface area contributed by atoms with Crippen LogP contribution in [0.1, 0.15) is 77.5 Å². The van der Waals surface area contributed by atoms with Crippen LogP contribution in [0.4, 0.5) is 0 Å². The highest BCUT2D eigenvalue weighted by atomic mass is 16.5. The van der Waals surface area contributed by atoms with Crippen molar-refractivity contribution in [2.24, 2.45) is 0 Å². The van der Waals surface area contributed by atoms with Crippen molar-refractivity contribution in [1.29, 1.82) is 0 Å². The fourth-order valence-electron chi connectivity index (χ4n) is 5.28. The van der Waals surface area contributed by atoms with Crippen LogP contribution in [0.15, 0.2) is 54.6 Å². The molecular formula is C33H40O2. The maximum atomic E-state index is 6.06. The smallest absolute Gasteiger partial charge is 0.123 e. The summed E-state index contributed by atoms with van der Waals surface area (Å²) in [7, 11) is 0. The topological polar surface area (TPSA) is 18.5 Å². The van der Waals surface area contributed by atoms with Gasteiger partial charge in [0.2, 0.25) is 0 Å². The summed E-state index contributed by atoms with van der Waals surface area (Å²) in [5.74, 6) is 1.87. The molecule has 0 spiro atoms. The Hall–Kier alpha value is -2.74. The summed E-state index contributed by atoms with van der Waals surface area (Å²) < 4.78 is 12.1. The van der Waals surface area contributed by atoms with E-state index in [1.165, 1.54) is 80.9 Å². The van der Waals surface area contributed by atoms with E-state index in [1.54, 1.807) is 22.3 Å². The van der Waals surface area contributed by atoms with E-state index in [9.17, 15) is 0 Å². The van der Waals surface area contributed by atoms with Crippen molar-refractivity contribution < 1.29 is 9.47 Å². The lowest BCUT2D eigenvalue weighted by Gasteiger charge is -2.19. The Bertz CT molecular complexity index is 1040. The number of benzene rings is 3. The standard InChI is InChI=1S/C33H40O2/c1-25-20-32(34-18-6-2-4-8-26-10-12-28-14-16-30(28)22-26)24-33(21-25)35-19-7-3-5-9-27-11-13-29-15-17-31(29)23-27/h10-13,20-24H,2-9,14-19H2,1H3. The Balaban J connectivity index is 0.946. The number of fused-ring (bicyclic) bond motifs is 2. The molecule has 0 unspecified atom stereocenters. The summed E-state index contributed by atoms with van der Waals surface area (Å²) >= 11 is 0. The Morgan fingerprint density at radius 2 is 1.00 bits per heavy atom. The maximum Gasteiger partial charge on any atom is 0.123 e. The second kappa shape index (κ2) is 11.8. The molecular weight excluding hydrogens is 428 g/mol. The predicted molar refractivity (Wildman–Crippen MR) is 145 cm³/mol. The minimum atomic E-state index is 0.774. The van der Waals surface area contributed by atoms with Gasteiger partial charge in [-0.2, -0.15) is 0 Å². The summed E-state index contributed by atoms with van der Waals surface area (Å²) in [5, 5.41) is 0. The first-order valence-corrected chi connectivity index (χ1v) is 13.8. The Labute approximate surface area is 211 Å². The molecule has 0 saturated carbocycles. The Kier molecular flexibility index (Phi) is 8.08. The van der Waals surface area contributed by atoms with E-state index in [2.05, 4.69) is 61.5 Å². The van der Waals surface area contributed by atoms with Gasteiger partial charge in [0.25, 0.3) is 0 Å². The summed E-state index contributed by atoms with van der Waals surface area (Å²) in [5.41, 5.74) is 10.4. The van der Waals surface area contributed by atoms with Crippen molar-refractivity contribution in [1.82, 2.24) is 0 Å². The van der Waals surface area contributed by atoms with Crippen LogP contribution in [0.5, 0.6) is 11.5 Å². The van der Waals surface area contributed by atoms with Crippen molar-refractivity contribution in [3.63, 3.8) is 0 Å². The van der Waals surface area contributed by atoms with Gasteiger partial charge in [-0.15, -0.1) is 0 Å². The van der Waals surface area contributed by atoms with E-state index in [-0.39, 0.29) is 0 Å². The van der Waals surface area contributed by atoms with Gasteiger partial charge < -0.3 is 9.47 Å². The number of aryl methyl sites for hydroxylation is 7. The zero-order chi connectivity index (χ0) is 23.9. The molecule has 3 aromatic rings. The van der Waals surface area contributed by atoms with Crippen molar-refractivity contribution >= 4 is 0 Å². The zero-order valence-electron chi connectivity index (χ0n) is 21.4. The molecule has 0 N–H and O–H groups in total. The quantitative estimate of drug-likeness (QED) is 0.225. The van der Waals surface area contributed by atoms with Crippen LogP contribution in [-0.2, 0) is 38.5 Å². The highest BCUT2D eigenvalue weighted by Gasteiger charge is 2.13. The minimum absolute atomic E-state index is 0.774. The molecule has 2 heteroatoms. The number of unbranched alkanes of at least 4 members (excludes halogenated alkanes) is 4. The van der Waals surface area contributed by atoms with Gasteiger partial charge in [-0.1, -0.05) is 36.4 Å². The molecule has 0 aromatic heterocycles. The zero-order valence-corrected chi connectivity index (χ0v) is 21.4. The average Bonchev–Trinajstić information content (AvgIpc) is 2.81. The van der Waals surface area contributed by atoms with Crippen molar-refractivity contribution in [2.45, 2.75) is 84.0 Å². The van der Waals surface area contributed by atoms with Crippen LogP contribution in [0.25, 0.3) is 0 Å². The average molecular weight is 469 g/mol. The van der Waals surface area contributed by atoms with E-state index in [0.717, 1.165) is 37.6 Å². The van der Waals surface area contributed by atoms with Crippen molar-refractivity contribution in [3.05, 3.63) is 93.5 Å². The monoisotopic (exact) mass is 468 g/mol.